The van der Waals surface area contributed by atoms with Crippen LogP contribution in [0.2, 0.25) is 5.02 Å². The van der Waals surface area contributed by atoms with Gasteiger partial charge in [-0.05, 0) is 38.1 Å². The molecule has 0 atom stereocenters. The fourth-order valence-electron chi connectivity index (χ4n) is 2.66. The second-order valence-electron chi connectivity index (χ2n) is 5.98. The van der Waals surface area contributed by atoms with Crippen molar-refractivity contribution in [2.45, 2.75) is 19.4 Å². The number of rotatable bonds is 3. The van der Waals surface area contributed by atoms with Gasteiger partial charge in [0.15, 0.2) is 6.61 Å². The van der Waals surface area contributed by atoms with Crippen molar-refractivity contribution in [1.29, 1.82) is 0 Å². The average molecular weight is 345 g/mol. The van der Waals surface area contributed by atoms with Gasteiger partial charge in [0.1, 0.15) is 11.3 Å². The highest BCUT2D eigenvalue weighted by Gasteiger charge is 2.43. The fourth-order valence-corrected chi connectivity index (χ4v) is 2.85. The van der Waals surface area contributed by atoms with Crippen LogP contribution in [0.4, 0.5) is 11.4 Å². The minimum absolute atomic E-state index is 0.214. The number of halogens is 1. The van der Waals surface area contributed by atoms with Gasteiger partial charge in [0.25, 0.3) is 5.91 Å². The number of hydrogen-bond donors (Lipinski definition) is 1. The summed E-state index contributed by atoms with van der Waals surface area (Å²) >= 11 is 6.04. The van der Waals surface area contributed by atoms with Gasteiger partial charge in [-0.1, -0.05) is 35.9 Å². The van der Waals surface area contributed by atoms with Gasteiger partial charge in [-0.25, -0.2) is 0 Å². The number of fused-ring (bicyclic) bond motifs is 1. The molecule has 2 aromatic rings. The summed E-state index contributed by atoms with van der Waals surface area (Å²) < 4.78 is 5.54. The first kappa shape index (κ1) is 16.3. The van der Waals surface area contributed by atoms with Crippen molar-refractivity contribution >= 4 is 34.8 Å². The SMILES string of the molecule is CC1(C)C(=O)Nc2ccccc2N1C(=O)COc1ccccc1Cl. The van der Waals surface area contributed by atoms with Crippen LogP contribution >= 0.6 is 11.6 Å². The molecule has 0 saturated heterocycles. The van der Waals surface area contributed by atoms with E-state index < -0.39 is 5.54 Å². The Balaban J connectivity index is 1.87. The Labute approximate surface area is 145 Å². The Hall–Kier alpha value is -2.53. The lowest BCUT2D eigenvalue weighted by Crippen LogP contribution is -2.59. The zero-order valence-corrected chi connectivity index (χ0v) is 14.1. The lowest BCUT2D eigenvalue weighted by Gasteiger charge is -2.41. The topological polar surface area (TPSA) is 58.6 Å². The molecule has 24 heavy (non-hydrogen) atoms. The normalized spacial score (nSPS) is 15.5. The molecule has 0 aliphatic carbocycles. The van der Waals surface area contributed by atoms with E-state index in [1.165, 1.54) is 4.90 Å². The first-order chi connectivity index (χ1) is 11.4. The van der Waals surface area contributed by atoms with E-state index >= 15 is 0 Å². The van der Waals surface area contributed by atoms with Crippen LogP contribution in [0, 0.1) is 0 Å². The van der Waals surface area contributed by atoms with E-state index in [-0.39, 0.29) is 18.4 Å². The summed E-state index contributed by atoms with van der Waals surface area (Å²) in [5.74, 6) is -0.130. The molecule has 0 spiro atoms. The van der Waals surface area contributed by atoms with E-state index in [1.54, 1.807) is 56.3 Å². The van der Waals surface area contributed by atoms with E-state index in [4.69, 9.17) is 16.3 Å². The molecule has 0 bridgehead atoms. The van der Waals surface area contributed by atoms with Crippen molar-refractivity contribution in [2.75, 3.05) is 16.8 Å². The fraction of sp³-hybridized carbons (Fsp3) is 0.222. The van der Waals surface area contributed by atoms with Crippen molar-refractivity contribution in [2.24, 2.45) is 0 Å². The molecule has 0 unspecified atom stereocenters. The molecular formula is C18H17ClN2O3. The summed E-state index contributed by atoms with van der Waals surface area (Å²) in [5, 5.41) is 3.25. The van der Waals surface area contributed by atoms with Crippen molar-refractivity contribution in [3.8, 4) is 5.75 Å². The van der Waals surface area contributed by atoms with Crippen LogP contribution < -0.4 is 15.0 Å². The molecule has 0 radical (unpaired) electrons. The third-order valence-electron chi connectivity index (χ3n) is 3.95. The van der Waals surface area contributed by atoms with Crippen LogP contribution in [0.3, 0.4) is 0 Å². The third kappa shape index (κ3) is 2.83. The van der Waals surface area contributed by atoms with Crippen LogP contribution in [0.25, 0.3) is 0 Å². The number of ether oxygens (including phenoxy) is 1. The zero-order chi connectivity index (χ0) is 17.3. The number of carbonyl (C=O) groups is 2. The van der Waals surface area contributed by atoms with Gasteiger partial charge in [0, 0.05) is 0 Å². The number of anilines is 2. The first-order valence-corrected chi connectivity index (χ1v) is 7.90. The monoisotopic (exact) mass is 344 g/mol. The predicted octanol–water partition coefficient (Wildman–Crippen LogP) is 3.48. The first-order valence-electron chi connectivity index (χ1n) is 7.52. The lowest BCUT2D eigenvalue weighted by molar-refractivity contribution is -0.127. The maximum absolute atomic E-state index is 12.8. The lowest BCUT2D eigenvalue weighted by atomic mass is 9.96. The number of nitrogens with one attached hydrogen (secondary N) is 1. The molecule has 6 heteroatoms. The molecule has 3 rings (SSSR count). The van der Waals surface area contributed by atoms with Gasteiger partial charge in [0.2, 0.25) is 5.91 Å². The second kappa shape index (κ2) is 6.17. The Kier molecular flexibility index (Phi) is 4.20. The predicted molar refractivity (Wildman–Crippen MR) is 93.6 cm³/mol. The molecule has 1 heterocycles. The van der Waals surface area contributed by atoms with Gasteiger partial charge in [-0.3, -0.25) is 14.5 Å². The summed E-state index contributed by atoms with van der Waals surface area (Å²) in [6.07, 6.45) is 0. The number of benzene rings is 2. The van der Waals surface area contributed by atoms with Crippen LogP contribution in [-0.4, -0.2) is 24.0 Å². The van der Waals surface area contributed by atoms with Crippen LogP contribution in [-0.2, 0) is 9.59 Å². The number of para-hydroxylation sites is 3. The molecule has 0 fully saturated rings. The summed E-state index contributed by atoms with van der Waals surface area (Å²) in [6, 6.07) is 14.1. The van der Waals surface area contributed by atoms with E-state index in [0.717, 1.165) is 0 Å². The van der Waals surface area contributed by atoms with E-state index in [0.29, 0.717) is 22.1 Å². The highest BCUT2D eigenvalue weighted by Crippen LogP contribution is 2.36. The number of carbonyl (C=O) groups excluding carboxylic acids is 2. The van der Waals surface area contributed by atoms with Gasteiger partial charge in [0.05, 0.1) is 16.4 Å². The quantitative estimate of drug-likeness (QED) is 0.927. The molecule has 124 valence electrons. The second-order valence-corrected chi connectivity index (χ2v) is 6.39. The van der Waals surface area contributed by atoms with Crippen molar-refractivity contribution in [3.05, 3.63) is 53.6 Å². The molecule has 2 aromatic carbocycles. The molecule has 5 nitrogen and oxygen atoms in total. The zero-order valence-electron chi connectivity index (χ0n) is 13.4. The molecule has 1 N–H and O–H groups in total. The Morgan fingerprint density at radius 1 is 1.17 bits per heavy atom. The number of amides is 2. The standard InChI is InChI=1S/C18H17ClN2O3/c1-18(2)17(23)20-13-8-4-5-9-14(13)21(18)16(22)11-24-15-10-6-3-7-12(15)19/h3-10H,11H2,1-2H3,(H,20,23). The third-order valence-corrected chi connectivity index (χ3v) is 4.26. The van der Waals surface area contributed by atoms with Gasteiger partial charge in [-0.15, -0.1) is 0 Å². The minimum atomic E-state index is -1.02. The molecule has 1 aliphatic rings. The number of nitrogens with zero attached hydrogens (tertiary/aromatic N) is 1. The van der Waals surface area contributed by atoms with E-state index in [9.17, 15) is 9.59 Å². The van der Waals surface area contributed by atoms with E-state index in [1.807, 2.05) is 6.07 Å². The van der Waals surface area contributed by atoms with Gasteiger partial charge < -0.3 is 10.1 Å². The highest BCUT2D eigenvalue weighted by molar-refractivity contribution is 6.32. The van der Waals surface area contributed by atoms with Crippen LogP contribution in [0.15, 0.2) is 48.5 Å². The van der Waals surface area contributed by atoms with Crippen molar-refractivity contribution in [3.63, 3.8) is 0 Å². The van der Waals surface area contributed by atoms with Gasteiger partial charge >= 0.3 is 0 Å². The Morgan fingerprint density at radius 2 is 1.83 bits per heavy atom. The van der Waals surface area contributed by atoms with Crippen molar-refractivity contribution < 1.29 is 14.3 Å². The summed E-state index contributed by atoms with van der Waals surface area (Å²) in [5.41, 5.74) is 0.234. The molecule has 0 saturated carbocycles. The average Bonchev–Trinajstić information content (AvgIpc) is 2.55. The maximum Gasteiger partial charge on any atom is 0.265 e. The van der Waals surface area contributed by atoms with Crippen LogP contribution in [0.5, 0.6) is 5.75 Å². The van der Waals surface area contributed by atoms with Crippen molar-refractivity contribution in [1.82, 2.24) is 0 Å². The Bertz CT molecular complexity index is 804. The smallest absolute Gasteiger partial charge is 0.265 e. The Morgan fingerprint density at radius 3 is 2.58 bits per heavy atom. The summed E-state index contributed by atoms with van der Waals surface area (Å²) in [4.78, 5) is 26.6. The molecule has 2 amide bonds. The molecule has 1 aliphatic heterocycles. The summed E-state index contributed by atoms with van der Waals surface area (Å²) in [6.45, 7) is 3.19. The molecule has 0 aromatic heterocycles. The summed E-state index contributed by atoms with van der Waals surface area (Å²) in [7, 11) is 0. The minimum Gasteiger partial charge on any atom is -0.482 e. The maximum atomic E-state index is 12.8. The highest BCUT2D eigenvalue weighted by atomic mass is 35.5. The largest absolute Gasteiger partial charge is 0.482 e. The van der Waals surface area contributed by atoms with Crippen LogP contribution in [0.1, 0.15) is 13.8 Å². The van der Waals surface area contributed by atoms with Gasteiger partial charge in [-0.2, -0.15) is 0 Å². The molecular weight excluding hydrogens is 328 g/mol. The van der Waals surface area contributed by atoms with E-state index in [2.05, 4.69) is 5.32 Å². The number of hydrogen-bond acceptors (Lipinski definition) is 3.